The molecule has 11 heteroatoms. The summed E-state index contributed by atoms with van der Waals surface area (Å²) < 4.78 is 17.0. The highest BCUT2D eigenvalue weighted by atomic mass is 32.1. The molecule has 200 valence electrons. The van der Waals surface area contributed by atoms with E-state index in [9.17, 15) is 9.59 Å². The number of methoxy groups -OCH3 is 1. The predicted molar refractivity (Wildman–Crippen MR) is 139 cm³/mol. The average molecular weight is 530 g/mol. The lowest BCUT2D eigenvalue weighted by molar-refractivity contribution is -0.131. The molecular formula is C26H35N5O5S. The van der Waals surface area contributed by atoms with Gasteiger partial charge < -0.3 is 24.0 Å². The van der Waals surface area contributed by atoms with E-state index in [0.29, 0.717) is 42.8 Å². The molecular weight excluding hydrogens is 494 g/mol. The number of anilines is 1. The molecule has 3 aliphatic rings. The average Bonchev–Trinajstić information content (AvgIpc) is 3.66. The lowest BCUT2D eigenvalue weighted by Gasteiger charge is -2.25. The zero-order valence-electron chi connectivity index (χ0n) is 21.3. The van der Waals surface area contributed by atoms with Crippen LogP contribution in [0.15, 0.2) is 18.2 Å². The minimum Gasteiger partial charge on any atom is -0.493 e. The smallest absolute Gasteiger partial charge is 0.245 e. The summed E-state index contributed by atoms with van der Waals surface area (Å²) in [4.78, 5) is 29.5. The van der Waals surface area contributed by atoms with Crippen LogP contribution >= 0.6 is 11.3 Å². The fourth-order valence-corrected chi connectivity index (χ4v) is 5.89. The highest BCUT2D eigenvalue weighted by molar-refractivity contribution is 7.15. The molecule has 4 heterocycles. The number of aromatic nitrogens is 2. The number of carbonyl (C=O) groups excluding carboxylic acids is 2. The number of likely N-dealkylation sites (tertiary alicyclic amines) is 2. The Hall–Kier alpha value is -2.76. The summed E-state index contributed by atoms with van der Waals surface area (Å²) in [6.07, 6.45) is 5.87. The van der Waals surface area contributed by atoms with Crippen LogP contribution in [-0.2, 0) is 20.7 Å². The molecule has 2 aromatic rings. The third-order valence-corrected chi connectivity index (χ3v) is 8.09. The van der Waals surface area contributed by atoms with Crippen LogP contribution in [0, 0.1) is 0 Å². The van der Waals surface area contributed by atoms with Gasteiger partial charge in [-0.25, -0.2) is 0 Å². The van der Waals surface area contributed by atoms with Crippen LogP contribution < -0.4 is 14.8 Å². The summed E-state index contributed by atoms with van der Waals surface area (Å²) in [7, 11) is 1.61. The number of carbonyl (C=O) groups is 2. The van der Waals surface area contributed by atoms with Crippen molar-refractivity contribution in [3.8, 4) is 11.5 Å². The molecule has 1 aromatic carbocycles. The van der Waals surface area contributed by atoms with E-state index in [1.807, 2.05) is 18.2 Å². The highest BCUT2D eigenvalue weighted by Gasteiger charge is 2.32. The summed E-state index contributed by atoms with van der Waals surface area (Å²) in [5.74, 6) is 1.00. The van der Waals surface area contributed by atoms with Crippen molar-refractivity contribution < 1.29 is 23.8 Å². The molecule has 10 nitrogen and oxygen atoms in total. The molecule has 0 saturated carbocycles. The maximum atomic E-state index is 12.7. The lowest BCUT2D eigenvalue weighted by atomic mass is 9.98. The molecule has 0 unspecified atom stereocenters. The standard InChI is InChI=1S/C26H35N5O5S/c1-34-21-6-5-18(13-22(21)36-20-8-12-35-17-20)19-14-25(33)31(15-19)16-23(32)27-26-29-28-24(37-26)7-11-30-9-3-2-4-10-30/h5-6,13,19-20H,2-4,7-12,14-17H2,1H3,(H,27,29,32)/t19-,20-/m1/s1. The van der Waals surface area contributed by atoms with Gasteiger partial charge >= 0.3 is 0 Å². The molecule has 1 aromatic heterocycles. The molecule has 5 rings (SSSR count). The van der Waals surface area contributed by atoms with Crippen LogP contribution in [0.5, 0.6) is 11.5 Å². The molecule has 3 saturated heterocycles. The van der Waals surface area contributed by atoms with Crippen molar-refractivity contribution in [3.63, 3.8) is 0 Å². The number of hydrogen-bond acceptors (Lipinski definition) is 9. The van der Waals surface area contributed by atoms with Gasteiger partial charge in [0.25, 0.3) is 0 Å². The third kappa shape index (κ3) is 6.77. The topological polar surface area (TPSA) is 106 Å². The molecule has 3 fully saturated rings. The van der Waals surface area contributed by atoms with Crippen LogP contribution in [0.25, 0.3) is 0 Å². The van der Waals surface area contributed by atoms with Crippen molar-refractivity contribution in [2.24, 2.45) is 0 Å². The zero-order chi connectivity index (χ0) is 25.6. The molecule has 37 heavy (non-hydrogen) atoms. The van der Waals surface area contributed by atoms with E-state index in [4.69, 9.17) is 14.2 Å². The first-order valence-corrected chi connectivity index (χ1v) is 13.9. The summed E-state index contributed by atoms with van der Waals surface area (Å²) >= 11 is 1.40. The van der Waals surface area contributed by atoms with Gasteiger partial charge in [-0.3, -0.25) is 14.9 Å². The van der Waals surface area contributed by atoms with E-state index >= 15 is 0 Å². The van der Waals surface area contributed by atoms with Gasteiger partial charge in [-0.15, -0.1) is 10.2 Å². The minimum atomic E-state index is -0.257. The second-order valence-corrected chi connectivity index (χ2v) is 11.0. The molecule has 0 spiro atoms. The highest BCUT2D eigenvalue weighted by Crippen LogP contribution is 2.36. The first-order chi connectivity index (χ1) is 18.1. The second kappa shape index (κ2) is 12.2. The maximum absolute atomic E-state index is 12.7. The Bertz CT molecular complexity index is 1080. The quantitative estimate of drug-likeness (QED) is 0.501. The fourth-order valence-electron chi connectivity index (χ4n) is 5.15. The van der Waals surface area contributed by atoms with Gasteiger partial charge in [0.15, 0.2) is 11.5 Å². The first-order valence-electron chi connectivity index (χ1n) is 13.1. The number of nitrogens with zero attached hydrogens (tertiary/aromatic N) is 4. The van der Waals surface area contributed by atoms with E-state index in [0.717, 1.165) is 43.0 Å². The Kier molecular flexibility index (Phi) is 8.52. The summed E-state index contributed by atoms with van der Waals surface area (Å²) in [6.45, 7) is 4.99. The Morgan fingerprint density at radius 1 is 1.22 bits per heavy atom. The third-order valence-electron chi connectivity index (χ3n) is 7.19. The number of rotatable bonds is 10. The predicted octanol–water partition coefficient (Wildman–Crippen LogP) is 2.70. The number of piperidine rings is 1. The fraction of sp³-hybridized carbons (Fsp3) is 0.615. The van der Waals surface area contributed by atoms with Crippen molar-refractivity contribution in [2.75, 3.05) is 58.4 Å². The second-order valence-electron chi connectivity index (χ2n) is 9.89. The first kappa shape index (κ1) is 25.9. The van der Waals surface area contributed by atoms with Gasteiger partial charge in [0.2, 0.25) is 16.9 Å². The van der Waals surface area contributed by atoms with Crippen molar-refractivity contribution in [1.82, 2.24) is 20.0 Å². The maximum Gasteiger partial charge on any atom is 0.245 e. The zero-order valence-corrected chi connectivity index (χ0v) is 22.1. The van der Waals surface area contributed by atoms with E-state index in [-0.39, 0.29) is 30.4 Å². The normalized spacial score (nSPS) is 22.4. The number of benzene rings is 1. The number of hydrogen-bond donors (Lipinski definition) is 1. The monoisotopic (exact) mass is 529 g/mol. The van der Waals surface area contributed by atoms with Gasteiger partial charge in [-0.2, -0.15) is 0 Å². The Morgan fingerprint density at radius 2 is 2.08 bits per heavy atom. The molecule has 0 bridgehead atoms. The van der Waals surface area contributed by atoms with Crippen molar-refractivity contribution >= 4 is 28.3 Å². The van der Waals surface area contributed by atoms with E-state index < -0.39 is 0 Å². The Balaban J connectivity index is 1.13. The minimum absolute atomic E-state index is 0.000175. The SMILES string of the molecule is COc1ccc([C@@H]2CC(=O)N(CC(=O)Nc3nnc(CCN4CCCCC4)s3)C2)cc1O[C@@H]1CCOC1. The Morgan fingerprint density at radius 3 is 2.86 bits per heavy atom. The molecule has 2 amide bonds. The van der Waals surface area contributed by atoms with Crippen LogP contribution in [0.3, 0.4) is 0 Å². The summed E-state index contributed by atoms with van der Waals surface area (Å²) in [5, 5.41) is 12.6. The molecule has 0 aliphatic carbocycles. The molecule has 3 aliphatic heterocycles. The van der Waals surface area contributed by atoms with Gasteiger partial charge in [0, 0.05) is 38.3 Å². The van der Waals surface area contributed by atoms with Crippen LogP contribution in [0.4, 0.5) is 5.13 Å². The van der Waals surface area contributed by atoms with Crippen molar-refractivity contribution in [1.29, 1.82) is 0 Å². The van der Waals surface area contributed by atoms with Gasteiger partial charge in [0.05, 0.1) is 26.9 Å². The number of nitrogens with one attached hydrogen (secondary N) is 1. The molecule has 0 radical (unpaired) electrons. The number of ether oxygens (including phenoxy) is 3. The Labute approximate surface area is 221 Å². The summed E-state index contributed by atoms with van der Waals surface area (Å²) in [5.41, 5.74) is 0.994. The largest absolute Gasteiger partial charge is 0.493 e. The van der Waals surface area contributed by atoms with Crippen LogP contribution in [0.1, 0.15) is 48.6 Å². The lowest BCUT2D eigenvalue weighted by Crippen LogP contribution is -2.34. The van der Waals surface area contributed by atoms with Crippen molar-refractivity contribution in [2.45, 2.75) is 50.5 Å². The van der Waals surface area contributed by atoms with E-state index in [2.05, 4.69) is 20.4 Å². The van der Waals surface area contributed by atoms with E-state index in [1.54, 1.807) is 12.0 Å². The van der Waals surface area contributed by atoms with Gasteiger partial charge in [0.1, 0.15) is 11.1 Å². The van der Waals surface area contributed by atoms with Gasteiger partial charge in [-0.1, -0.05) is 23.8 Å². The van der Waals surface area contributed by atoms with Crippen molar-refractivity contribution in [3.05, 3.63) is 28.8 Å². The van der Waals surface area contributed by atoms with Crippen LogP contribution in [-0.4, -0.2) is 91.0 Å². The summed E-state index contributed by atoms with van der Waals surface area (Å²) in [6, 6.07) is 5.79. The number of amides is 2. The van der Waals surface area contributed by atoms with Crippen LogP contribution in [0.2, 0.25) is 0 Å². The van der Waals surface area contributed by atoms with E-state index in [1.165, 1.54) is 30.6 Å². The molecule has 1 N–H and O–H groups in total. The van der Waals surface area contributed by atoms with Gasteiger partial charge in [-0.05, 0) is 43.6 Å². The molecule has 2 atom stereocenters.